The van der Waals surface area contributed by atoms with Crippen LogP contribution in [0.4, 0.5) is 5.69 Å². The maximum Gasteiger partial charge on any atom is 0.240 e. The van der Waals surface area contributed by atoms with E-state index in [0.29, 0.717) is 32.0 Å². The number of rotatable bonds is 2. The monoisotopic (exact) mass is 326 g/mol. The first-order valence-electron chi connectivity index (χ1n) is 7.43. The summed E-state index contributed by atoms with van der Waals surface area (Å²) in [6.45, 7) is 6.41. The zero-order valence-electron chi connectivity index (χ0n) is 12.9. The first-order chi connectivity index (χ1) is 10.3. The van der Waals surface area contributed by atoms with Gasteiger partial charge in [-0.2, -0.15) is 0 Å². The summed E-state index contributed by atoms with van der Waals surface area (Å²) in [5, 5.41) is 5.38. The second kappa shape index (κ2) is 5.49. The van der Waals surface area contributed by atoms with Gasteiger partial charge in [-0.1, -0.05) is 6.07 Å². The lowest BCUT2D eigenvalue weighted by Gasteiger charge is -2.44. The van der Waals surface area contributed by atoms with Gasteiger partial charge in [0.25, 0.3) is 0 Å². The third-order valence-electron chi connectivity index (χ3n) is 4.24. The fourth-order valence-electron chi connectivity index (χ4n) is 3.33. The van der Waals surface area contributed by atoms with Crippen molar-refractivity contribution in [2.45, 2.75) is 36.9 Å². The molecule has 1 aromatic rings. The number of ether oxygens (including phenoxy) is 2. The van der Waals surface area contributed by atoms with Gasteiger partial charge < -0.3 is 14.4 Å². The van der Waals surface area contributed by atoms with Crippen LogP contribution >= 0.6 is 0 Å². The molecule has 1 spiro atoms. The van der Waals surface area contributed by atoms with E-state index in [1.54, 1.807) is 12.1 Å². The van der Waals surface area contributed by atoms with Crippen LogP contribution in [0.3, 0.4) is 0 Å². The van der Waals surface area contributed by atoms with E-state index in [1.807, 2.05) is 19.9 Å². The second-order valence-electron chi connectivity index (χ2n) is 6.31. The first kappa shape index (κ1) is 15.7. The van der Waals surface area contributed by atoms with Crippen molar-refractivity contribution in [1.82, 2.24) is 0 Å². The molecule has 6 nitrogen and oxygen atoms in total. The van der Waals surface area contributed by atoms with E-state index in [4.69, 9.17) is 14.6 Å². The van der Waals surface area contributed by atoms with E-state index in [9.17, 15) is 8.42 Å². The average Bonchev–Trinajstić information content (AvgIpc) is 2.84. The summed E-state index contributed by atoms with van der Waals surface area (Å²) in [5.74, 6) is 0. The number of aryl methyl sites for hydroxylation is 1. The van der Waals surface area contributed by atoms with Gasteiger partial charge in [0, 0.05) is 26.1 Å². The van der Waals surface area contributed by atoms with Gasteiger partial charge >= 0.3 is 0 Å². The fraction of sp³-hybridized carbons (Fsp3) is 0.600. The van der Waals surface area contributed by atoms with Crippen LogP contribution in [0, 0.1) is 6.92 Å². The van der Waals surface area contributed by atoms with Gasteiger partial charge in [0.2, 0.25) is 10.0 Å². The summed E-state index contributed by atoms with van der Waals surface area (Å²) in [6.07, 6.45) is 0.828. The molecule has 1 aromatic carbocycles. The Morgan fingerprint density at radius 2 is 2.18 bits per heavy atom. The van der Waals surface area contributed by atoms with Gasteiger partial charge in [-0.15, -0.1) is 0 Å². The third kappa shape index (κ3) is 2.99. The molecule has 22 heavy (non-hydrogen) atoms. The van der Waals surface area contributed by atoms with E-state index in [-0.39, 0.29) is 16.6 Å². The number of nitrogens with zero attached hydrogens (tertiary/aromatic N) is 1. The molecule has 2 saturated heterocycles. The molecule has 2 heterocycles. The minimum Gasteiger partial charge on any atom is -0.378 e. The topological polar surface area (TPSA) is 81.9 Å². The van der Waals surface area contributed by atoms with Crippen molar-refractivity contribution < 1.29 is 17.9 Å². The van der Waals surface area contributed by atoms with E-state index in [0.717, 1.165) is 12.0 Å². The van der Waals surface area contributed by atoms with Crippen LogP contribution in [-0.2, 0) is 19.5 Å². The zero-order valence-corrected chi connectivity index (χ0v) is 13.7. The number of primary sulfonamides is 1. The van der Waals surface area contributed by atoms with Crippen molar-refractivity contribution in [3.63, 3.8) is 0 Å². The van der Waals surface area contributed by atoms with Crippen LogP contribution in [-0.4, -0.2) is 46.4 Å². The lowest BCUT2D eigenvalue weighted by Crippen LogP contribution is -2.55. The highest BCUT2D eigenvalue weighted by atomic mass is 32.2. The quantitative estimate of drug-likeness (QED) is 0.878. The second-order valence-corrected chi connectivity index (χ2v) is 7.84. The van der Waals surface area contributed by atoms with Gasteiger partial charge in [-0.05, 0) is 31.5 Å². The van der Waals surface area contributed by atoms with Gasteiger partial charge in [-0.3, -0.25) is 0 Å². The summed E-state index contributed by atoms with van der Waals surface area (Å²) in [6, 6.07) is 5.22. The lowest BCUT2D eigenvalue weighted by atomic mass is 9.98. The number of morpholine rings is 1. The number of anilines is 1. The van der Waals surface area contributed by atoms with E-state index in [1.165, 1.54) is 0 Å². The summed E-state index contributed by atoms with van der Waals surface area (Å²) >= 11 is 0. The predicted octanol–water partition coefficient (Wildman–Crippen LogP) is 1.03. The summed E-state index contributed by atoms with van der Waals surface area (Å²) in [4.78, 5) is 2.23. The fourth-order valence-corrected chi connectivity index (χ4v) is 4.07. The summed E-state index contributed by atoms with van der Waals surface area (Å²) in [7, 11) is -3.77. The first-order valence-corrected chi connectivity index (χ1v) is 8.98. The summed E-state index contributed by atoms with van der Waals surface area (Å²) in [5.41, 5.74) is 1.30. The van der Waals surface area contributed by atoms with Crippen molar-refractivity contribution in [3.05, 3.63) is 23.8 Å². The van der Waals surface area contributed by atoms with Crippen LogP contribution in [0.25, 0.3) is 0 Å². The van der Waals surface area contributed by atoms with Crippen molar-refractivity contribution >= 4 is 15.7 Å². The van der Waals surface area contributed by atoms with Crippen molar-refractivity contribution in [2.24, 2.45) is 5.14 Å². The Hall–Kier alpha value is -1.15. The molecule has 2 aliphatic rings. The Morgan fingerprint density at radius 3 is 2.82 bits per heavy atom. The molecule has 2 aliphatic heterocycles. The Kier molecular flexibility index (Phi) is 3.92. The Bertz CT molecular complexity index is 668. The largest absolute Gasteiger partial charge is 0.378 e. The van der Waals surface area contributed by atoms with Crippen LogP contribution in [0.1, 0.15) is 18.9 Å². The molecule has 2 atom stereocenters. The third-order valence-corrected chi connectivity index (χ3v) is 5.19. The van der Waals surface area contributed by atoms with Crippen molar-refractivity contribution in [1.29, 1.82) is 0 Å². The number of sulfonamides is 1. The van der Waals surface area contributed by atoms with Gasteiger partial charge in [0.15, 0.2) is 0 Å². The van der Waals surface area contributed by atoms with Crippen molar-refractivity contribution in [3.8, 4) is 0 Å². The normalized spacial score (nSPS) is 29.2. The van der Waals surface area contributed by atoms with Gasteiger partial charge in [-0.25, -0.2) is 13.6 Å². The van der Waals surface area contributed by atoms with Crippen LogP contribution < -0.4 is 10.0 Å². The predicted molar refractivity (Wildman–Crippen MR) is 83.5 cm³/mol. The molecule has 2 N–H and O–H groups in total. The smallest absolute Gasteiger partial charge is 0.240 e. The molecule has 2 unspecified atom stereocenters. The average molecular weight is 326 g/mol. The molecule has 0 saturated carbocycles. The van der Waals surface area contributed by atoms with Crippen LogP contribution in [0.2, 0.25) is 0 Å². The molecule has 2 fully saturated rings. The number of hydrogen-bond donors (Lipinski definition) is 1. The zero-order chi connectivity index (χ0) is 16.0. The molecule has 3 rings (SSSR count). The minimum absolute atomic E-state index is 0.00397. The summed E-state index contributed by atoms with van der Waals surface area (Å²) < 4.78 is 35.4. The van der Waals surface area contributed by atoms with Crippen LogP contribution in [0.5, 0.6) is 0 Å². The highest BCUT2D eigenvalue weighted by Crippen LogP contribution is 2.35. The molecule has 0 amide bonds. The SMILES string of the molecule is Cc1ccc(S(N)(=O)=O)c(N2CC(C)OC3(CCOC3)C2)c1. The number of benzene rings is 1. The Balaban J connectivity index is 2.01. The maximum atomic E-state index is 11.9. The lowest BCUT2D eigenvalue weighted by molar-refractivity contribution is -0.0990. The van der Waals surface area contributed by atoms with Gasteiger partial charge in [0.1, 0.15) is 10.5 Å². The number of nitrogens with two attached hydrogens (primary N) is 1. The molecular weight excluding hydrogens is 304 g/mol. The van der Waals surface area contributed by atoms with E-state index < -0.39 is 10.0 Å². The standard InChI is InChI=1S/C15H22N2O4S/c1-11-3-4-14(22(16,18)19)13(7-11)17-8-12(2)21-15(9-17)5-6-20-10-15/h3-4,7,12H,5-6,8-10H2,1-2H3,(H2,16,18,19). The Morgan fingerprint density at radius 1 is 1.41 bits per heavy atom. The maximum absolute atomic E-state index is 11.9. The van der Waals surface area contributed by atoms with Crippen LogP contribution in [0.15, 0.2) is 23.1 Å². The molecule has 0 aromatic heterocycles. The highest BCUT2D eigenvalue weighted by Gasteiger charge is 2.43. The molecular formula is C15H22N2O4S. The molecule has 7 heteroatoms. The van der Waals surface area contributed by atoms with E-state index >= 15 is 0 Å². The highest BCUT2D eigenvalue weighted by molar-refractivity contribution is 7.89. The molecule has 0 bridgehead atoms. The van der Waals surface area contributed by atoms with Crippen molar-refractivity contribution in [2.75, 3.05) is 31.2 Å². The molecule has 122 valence electrons. The molecule has 0 radical (unpaired) electrons. The minimum atomic E-state index is -3.77. The van der Waals surface area contributed by atoms with Gasteiger partial charge in [0.05, 0.1) is 18.4 Å². The Labute approximate surface area is 131 Å². The number of hydrogen-bond acceptors (Lipinski definition) is 5. The molecule has 0 aliphatic carbocycles. The van der Waals surface area contributed by atoms with E-state index in [2.05, 4.69) is 4.90 Å².